The number of hydrogen-bond donors (Lipinski definition) is 2. The first-order valence-corrected chi connectivity index (χ1v) is 9.06. The lowest BCUT2D eigenvalue weighted by Crippen LogP contribution is -2.25. The van der Waals surface area contributed by atoms with E-state index in [4.69, 9.17) is 4.74 Å². The maximum absolute atomic E-state index is 12.2. The highest BCUT2D eigenvalue weighted by atomic mass is 32.2. The summed E-state index contributed by atoms with van der Waals surface area (Å²) in [5.74, 6) is 0. The average molecular weight is 312 g/mol. The second-order valence-electron chi connectivity index (χ2n) is 5.21. The quantitative estimate of drug-likeness (QED) is 0.686. The van der Waals surface area contributed by atoms with Crippen molar-refractivity contribution in [1.29, 1.82) is 0 Å². The zero-order valence-corrected chi connectivity index (χ0v) is 13.3. The van der Waals surface area contributed by atoms with E-state index in [2.05, 4.69) is 17.0 Å². The van der Waals surface area contributed by atoms with Gasteiger partial charge in [0.15, 0.2) is 0 Å². The third-order valence-corrected chi connectivity index (χ3v) is 4.96. The Labute approximate surface area is 127 Å². The molecule has 1 aromatic rings. The van der Waals surface area contributed by atoms with Gasteiger partial charge in [0.2, 0.25) is 10.0 Å². The van der Waals surface area contributed by atoms with Crippen LogP contribution in [0.4, 0.5) is 5.69 Å². The number of nitrogens with one attached hydrogen (secondary N) is 2. The predicted octanol–water partition coefficient (Wildman–Crippen LogP) is 2.14. The summed E-state index contributed by atoms with van der Waals surface area (Å²) in [4.78, 5) is 0.322. The number of unbranched alkanes of at least 4 members (excludes halogenated alkanes) is 1. The zero-order valence-electron chi connectivity index (χ0n) is 12.5. The predicted molar refractivity (Wildman–Crippen MR) is 84.2 cm³/mol. The Balaban J connectivity index is 1.79. The zero-order chi connectivity index (χ0) is 15.1. The molecule has 0 saturated heterocycles. The molecule has 0 aliphatic carbocycles. The van der Waals surface area contributed by atoms with Crippen LogP contribution in [-0.2, 0) is 21.2 Å². The van der Waals surface area contributed by atoms with Gasteiger partial charge >= 0.3 is 0 Å². The fourth-order valence-electron chi connectivity index (χ4n) is 2.25. The molecule has 0 spiro atoms. The lowest BCUT2D eigenvalue weighted by atomic mass is 10.2. The van der Waals surface area contributed by atoms with Gasteiger partial charge in [0, 0.05) is 32.0 Å². The molecule has 5 nitrogen and oxygen atoms in total. The first-order chi connectivity index (χ1) is 10.1. The molecule has 1 aliphatic rings. The molecule has 1 aliphatic heterocycles. The Morgan fingerprint density at radius 2 is 2.10 bits per heavy atom. The Bertz CT molecular complexity index is 558. The molecule has 1 aromatic carbocycles. The third kappa shape index (κ3) is 4.69. The Kier molecular flexibility index (Phi) is 6.02. The Morgan fingerprint density at radius 3 is 2.90 bits per heavy atom. The molecule has 6 heteroatoms. The van der Waals surface area contributed by atoms with Crippen LogP contribution in [0.1, 0.15) is 31.7 Å². The van der Waals surface area contributed by atoms with Crippen molar-refractivity contribution in [2.45, 2.75) is 37.5 Å². The molecule has 0 radical (unpaired) electrons. The first kappa shape index (κ1) is 16.3. The number of benzene rings is 1. The maximum Gasteiger partial charge on any atom is 0.240 e. The van der Waals surface area contributed by atoms with Gasteiger partial charge in [-0.15, -0.1) is 0 Å². The lowest BCUT2D eigenvalue weighted by Gasteiger charge is -2.09. The van der Waals surface area contributed by atoms with Crippen LogP contribution in [0.25, 0.3) is 0 Å². The van der Waals surface area contributed by atoms with E-state index in [-0.39, 0.29) is 0 Å². The van der Waals surface area contributed by atoms with Crippen molar-refractivity contribution >= 4 is 15.7 Å². The number of anilines is 1. The smallest absolute Gasteiger partial charge is 0.240 e. The molecule has 1 heterocycles. The van der Waals surface area contributed by atoms with Gasteiger partial charge in [-0.25, -0.2) is 13.1 Å². The normalized spacial score (nSPS) is 14.0. The molecule has 0 atom stereocenters. The second kappa shape index (κ2) is 7.77. The van der Waals surface area contributed by atoms with Crippen molar-refractivity contribution < 1.29 is 13.2 Å². The van der Waals surface area contributed by atoms with Crippen LogP contribution in [0, 0.1) is 0 Å². The molecule has 2 rings (SSSR count). The highest BCUT2D eigenvalue weighted by molar-refractivity contribution is 7.89. The molecule has 21 heavy (non-hydrogen) atoms. The van der Waals surface area contributed by atoms with E-state index in [9.17, 15) is 8.42 Å². The maximum atomic E-state index is 12.2. The largest absolute Gasteiger partial charge is 0.384 e. The van der Waals surface area contributed by atoms with Crippen molar-refractivity contribution in [2.24, 2.45) is 0 Å². The summed E-state index contributed by atoms with van der Waals surface area (Å²) in [6, 6.07) is 5.27. The van der Waals surface area contributed by atoms with Crippen LogP contribution >= 0.6 is 0 Å². The number of ether oxygens (including phenoxy) is 1. The van der Waals surface area contributed by atoms with Crippen LogP contribution in [0.2, 0.25) is 0 Å². The summed E-state index contributed by atoms with van der Waals surface area (Å²) in [5, 5.41) is 3.20. The van der Waals surface area contributed by atoms with Crippen LogP contribution in [0.15, 0.2) is 23.1 Å². The fourth-order valence-corrected chi connectivity index (χ4v) is 3.35. The minimum absolute atomic E-state index is 0.322. The number of hydrogen-bond acceptors (Lipinski definition) is 4. The van der Waals surface area contributed by atoms with Crippen molar-refractivity contribution in [1.82, 2.24) is 4.72 Å². The SMILES string of the molecule is CCCCOCCCNS(=O)(=O)c1ccc2c(c1)NCC2. The van der Waals surface area contributed by atoms with Gasteiger partial charge in [-0.05, 0) is 37.0 Å². The lowest BCUT2D eigenvalue weighted by molar-refractivity contribution is 0.130. The third-order valence-electron chi connectivity index (χ3n) is 3.50. The molecule has 2 N–H and O–H groups in total. The van der Waals surface area contributed by atoms with E-state index in [1.165, 1.54) is 5.56 Å². The summed E-state index contributed by atoms with van der Waals surface area (Å²) in [6.45, 7) is 4.73. The molecular formula is C15H24N2O3S. The van der Waals surface area contributed by atoms with E-state index < -0.39 is 10.0 Å². The van der Waals surface area contributed by atoms with Gasteiger partial charge in [0.25, 0.3) is 0 Å². The number of rotatable bonds is 9. The Hall–Kier alpha value is -1.11. The Morgan fingerprint density at radius 1 is 1.29 bits per heavy atom. The fraction of sp³-hybridized carbons (Fsp3) is 0.600. The van der Waals surface area contributed by atoms with Gasteiger partial charge in [0.05, 0.1) is 4.90 Å². The second-order valence-corrected chi connectivity index (χ2v) is 6.98. The molecule has 0 unspecified atom stereocenters. The minimum atomic E-state index is -3.42. The molecule has 0 bridgehead atoms. The highest BCUT2D eigenvalue weighted by Crippen LogP contribution is 2.25. The summed E-state index contributed by atoms with van der Waals surface area (Å²) in [7, 11) is -3.42. The summed E-state index contributed by atoms with van der Waals surface area (Å²) >= 11 is 0. The number of fused-ring (bicyclic) bond motifs is 1. The average Bonchev–Trinajstić information content (AvgIpc) is 2.93. The van der Waals surface area contributed by atoms with Crippen LogP contribution in [0.5, 0.6) is 0 Å². The monoisotopic (exact) mass is 312 g/mol. The summed E-state index contributed by atoms with van der Waals surface area (Å²) in [5.41, 5.74) is 2.11. The van der Waals surface area contributed by atoms with Crippen molar-refractivity contribution in [3.8, 4) is 0 Å². The molecule has 0 saturated carbocycles. The highest BCUT2D eigenvalue weighted by Gasteiger charge is 2.17. The topological polar surface area (TPSA) is 67.4 Å². The van der Waals surface area contributed by atoms with Gasteiger partial charge in [0.1, 0.15) is 0 Å². The molecule has 0 fully saturated rings. The van der Waals surface area contributed by atoms with E-state index in [1.807, 2.05) is 6.07 Å². The van der Waals surface area contributed by atoms with Crippen LogP contribution < -0.4 is 10.0 Å². The van der Waals surface area contributed by atoms with Crippen LogP contribution in [-0.4, -0.2) is 34.7 Å². The van der Waals surface area contributed by atoms with Gasteiger partial charge < -0.3 is 10.1 Å². The molecule has 118 valence electrons. The first-order valence-electron chi connectivity index (χ1n) is 7.57. The van der Waals surface area contributed by atoms with Crippen LogP contribution in [0.3, 0.4) is 0 Å². The van der Waals surface area contributed by atoms with E-state index >= 15 is 0 Å². The van der Waals surface area contributed by atoms with Crippen molar-refractivity contribution in [3.05, 3.63) is 23.8 Å². The molecular weight excluding hydrogens is 288 g/mol. The molecule has 0 aromatic heterocycles. The van der Waals surface area contributed by atoms with Gasteiger partial charge in [-0.1, -0.05) is 19.4 Å². The van der Waals surface area contributed by atoms with Crippen molar-refractivity contribution in [3.63, 3.8) is 0 Å². The van der Waals surface area contributed by atoms with E-state index in [0.29, 0.717) is 24.5 Å². The van der Waals surface area contributed by atoms with Gasteiger partial charge in [-0.2, -0.15) is 0 Å². The summed E-state index contributed by atoms with van der Waals surface area (Å²) in [6.07, 6.45) is 3.80. The molecule has 0 amide bonds. The van der Waals surface area contributed by atoms with Crippen molar-refractivity contribution in [2.75, 3.05) is 31.6 Å². The minimum Gasteiger partial charge on any atom is -0.384 e. The standard InChI is InChI=1S/C15H24N2O3S/c1-2-3-10-20-11-4-8-17-21(18,19)14-6-5-13-7-9-16-15(13)12-14/h5-6,12,16-17H,2-4,7-11H2,1H3. The van der Waals surface area contributed by atoms with E-state index in [1.54, 1.807) is 12.1 Å². The van der Waals surface area contributed by atoms with E-state index in [0.717, 1.165) is 38.1 Å². The number of sulfonamides is 1. The van der Waals surface area contributed by atoms with Gasteiger partial charge in [-0.3, -0.25) is 0 Å². The summed E-state index contributed by atoms with van der Waals surface area (Å²) < 4.78 is 32.4.